The smallest absolute Gasteiger partial charge is 0.327 e. The molecule has 1 atom stereocenters. The molecule has 1 rings (SSSR count). The number of anilines is 2. The van der Waals surface area contributed by atoms with E-state index in [9.17, 15) is 9.59 Å². The number of terminal acetylenes is 1. The van der Waals surface area contributed by atoms with Crippen LogP contribution in [0.1, 0.15) is 6.42 Å². The molecule has 0 aromatic heterocycles. The van der Waals surface area contributed by atoms with Crippen LogP contribution in [0.3, 0.4) is 0 Å². The summed E-state index contributed by atoms with van der Waals surface area (Å²) < 4.78 is 0. The van der Waals surface area contributed by atoms with Gasteiger partial charge in [0.2, 0.25) is 0 Å². The molecule has 0 bridgehead atoms. The molecule has 0 saturated carbocycles. The number of rotatable bonds is 5. The largest absolute Gasteiger partial charge is 0.480 e. The fourth-order valence-corrected chi connectivity index (χ4v) is 1.51. The lowest BCUT2D eigenvalue weighted by Crippen LogP contribution is -2.42. The van der Waals surface area contributed by atoms with Gasteiger partial charge in [0.05, 0.1) is 0 Å². The van der Waals surface area contributed by atoms with Gasteiger partial charge < -0.3 is 20.6 Å². The monoisotopic (exact) mass is 275 g/mol. The first-order chi connectivity index (χ1) is 9.43. The molecule has 0 radical (unpaired) electrons. The van der Waals surface area contributed by atoms with Crippen molar-refractivity contribution in [3.8, 4) is 12.3 Å². The number of carboxylic acids is 1. The van der Waals surface area contributed by atoms with Crippen molar-refractivity contribution in [3.63, 3.8) is 0 Å². The molecule has 0 aliphatic heterocycles. The van der Waals surface area contributed by atoms with E-state index in [2.05, 4.69) is 16.6 Å². The SMILES string of the molecule is C#CCC(NC(=O)Nc1cccc(N(C)C)c1)C(=O)O. The molecule has 0 aliphatic rings. The summed E-state index contributed by atoms with van der Waals surface area (Å²) in [7, 11) is 3.76. The maximum Gasteiger partial charge on any atom is 0.327 e. The summed E-state index contributed by atoms with van der Waals surface area (Å²) in [5.41, 5.74) is 1.49. The minimum Gasteiger partial charge on any atom is -0.480 e. The van der Waals surface area contributed by atoms with Crippen molar-refractivity contribution in [1.29, 1.82) is 0 Å². The van der Waals surface area contributed by atoms with E-state index in [1.807, 2.05) is 25.1 Å². The Morgan fingerprint density at radius 3 is 2.70 bits per heavy atom. The van der Waals surface area contributed by atoms with Crippen molar-refractivity contribution >= 4 is 23.4 Å². The second-order valence-electron chi connectivity index (χ2n) is 4.34. The number of amides is 2. The number of urea groups is 1. The molecule has 1 aromatic rings. The Balaban J connectivity index is 2.68. The van der Waals surface area contributed by atoms with Gasteiger partial charge >= 0.3 is 12.0 Å². The van der Waals surface area contributed by atoms with Gasteiger partial charge in [0.1, 0.15) is 6.04 Å². The standard InChI is InChI=1S/C14H17N3O3/c1-4-6-12(13(18)19)16-14(20)15-10-7-5-8-11(9-10)17(2)3/h1,5,7-9,12H,6H2,2-3H3,(H,18,19)(H2,15,16,20). The van der Waals surface area contributed by atoms with Gasteiger partial charge in [-0.1, -0.05) is 6.07 Å². The van der Waals surface area contributed by atoms with Crippen LogP contribution >= 0.6 is 0 Å². The summed E-state index contributed by atoms with van der Waals surface area (Å²) in [6.07, 6.45) is 4.99. The zero-order valence-corrected chi connectivity index (χ0v) is 11.4. The van der Waals surface area contributed by atoms with E-state index in [1.54, 1.807) is 18.2 Å². The second-order valence-corrected chi connectivity index (χ2v) is 4.34. The van der Waals surface area contributed by atoms with Crippen molar-refractivity contribution in [2.45, 2.75) is 12.5 Å². The summed E-state index contributed by atoms with van der Waals surface area (Å²) in [5.74, 6) is 1.05. The number of carbonyl (C=O) groups excluding carboxylic acids is 1. The highest BCUT2D eigenvalue weighted by molar-refractivity contribution is 5.92. The van der Waals surface area contributed by atoms with E-state index in [0.29, 0.717) is 5.69 Å². The zero-order valence-electron chi connectivity index (χ0n) is 11.4. The Hall–Kier alpha value is -2.68. The molecule has 6 heteroatoms. The summed E-state index contributed by atoms with van der Waals surface area (Å²) >= 11 is 0. The van der Waals surface area contributed by atoms with Crippen molar-refractivity contribution in [2.24, 2.45) is 0 Å². The third-order valence-electron chi connectivity index (χ3n) is 2.55. The van der Waals surface area contributed by atoms with Gasteiger partial charge in [-0.25, -0.2) is 9.59 Å². The number of benzene rings is 1. The van der Waals surface area contributed by atoms with E-state index in [0.717, 1.165) is 5.69 Å². The maximum absolute atomic E-state index is 11.7. The van der Waals surface area contributed by atoms with E-state index < -0.39 is 18.0 Å². The summed E-state index contributed by atoms with van der Waals surface area (Å²) in [6.45, 7) is 0. The maximum atomic E-state index is 11.7. The molecule has 0 spiro atoms. The lowest BCUT2D eigenvalue weighted by Gasteiger charge is -2.15. The molecule has 0 saturated heterocycles. The zero-order chi connectivity index (χ0) is 15.1. The van der Waals surface area contributed by atoms with Crippen molar-refractivity contribution in [3.05, 3.63) is 24.3 Å². The molecule has 20 heavy (non-hydrogen) atoms. The van der Waals surface area contributed by atoms with Gasteiger partial charge in [-0.2, -0.15) is 0 Å². The van der Waals surface area contributed by atoms with Gasteiger partial charge in [-0.15, -0.1) is 12.3 Å². The molecule has 0 fully saturated rings. The fraction of sp³-hybridized carbons (Fsp3) is 0.286. The van der Waals surface area contributed by atoms with Gasteiger partial charge in [0.25, 0.3) is 0 Å². The molecule has 3 N–H and O–H groups in total. The van der Waals surface area contributed by atoms with E-state index in [1.165, 1.54) is 0 Å². The number of aliphatic carboxylic acids is 1. The number of carbonyl (C=O) groups is 2. The van der Waals surface area contributed by atoms with E-state index in [4.69, 9.17) is 11.5 Å². The number of nitrogens with one attached hydrogen (secondary N) is 2. The Labute approximate surface area is 117 Å². The van der Waals surface area contributed by atoms with Crippen LogP contribution in [0.4, 0.5) is 16.2 Å². The van der Waals surface area contributed by atoms with E-state index >= 15 is 0 Å². The number of hydrogen-bond acceptors (Lipinski definition) is 3. The third kappa shape index (κ3) is 4.53. The normalized spacial score (nSPS) is 11.1. The molecular weight excluding hydrogens is 258 g/mol. The highest BCUT2D eigenvalue weighted by Crippen LogP contribution is 2.17. The molecule has 0 aliphatic carbocycles. The quantitative estimate of drug-likeness (QED) is 0.708. The van der Waals surface area contributed by atoms with Crippen LogP contribution in [-0.4, -0.2) is 37.2 Å². The Bertz CT molecular complexity index is 535. The molecule has 1 unspecified atom stereocenters. The summed E-state index contributed by atoms with van der Waals surface area (Å²) in [6, 6.07) is 5.46. The first-order valence-corrected chi connectivity index (χ1v) is 5.95. The topological polar surface area (TPSA) is 81.7 Å². The molecule has 2 amide bonds. The van der Waals surface area contributed by atoms with Crippen molar-refractivity contribution < 1.29 is 14.7 Å². The Kier molecular flexibility index (Phi) is 5.42. The number of carboxylic acid groups (broad SMARTS) is 1. The average Bonchev–Trinajstić information content (AvgIpc) is 2.38. The van der Waals surface area contributed by atoms with Gasteiger partial charge in [-0.05, 0) is 18.2 Å². The molecule has 1 aromatic carbocycles. The van der Waals surface area contributed by atoms with Gasteiger partial charge in [0.15, 0.2) is 0 Å². The summed E-state index contributed by atoms with van der Waals surface area (Å²) in [5, 5.41) is 13.8. The van der Waals surface area contributed by atoms with Crippen LogP contribution in [0, 0.1) is 12.3 Å². The minimum atomic E-state index is -1.17. The predicted octanol–water partition coefficient (Wildman–Crippen LogP) is 1.35. The number of nitrogens with zero attached hydrogens (tertiary/aromatic N) is 1. The highest BCUT2D eigenvalue weighted by atomic mass is 16.4. The van der Waals surface area contributed by atoms with Gasteiger partial charge in [0, 0.05) is 31.9 Å². The second kappa shape index (κ2) is 7.04. The Morgan fingerprint density at radius 2 is 2.15 bits per heavy atom. The predicted molar refractivity (Wildman–Crippen MR) is 77.8 cm³/mol. The van der Waals surface area contributed by atoms with Crippen LogP contribution in [0.5, 0.6) is 0 Å². The van der Waals surface area contributed by atoms with Crippen LogP contribution in [0.2, 0.25) is 0 Å². The lowest BCUT2D eigenvalue weighted by molar-refractivity contribution is -0.139. The minimum absolute atomic E-state index is 0.0690. The third-order valence-corrected chi connectivity index (χ3v) is 2.55. The first-order valence-electron chi connectivity index (χ1n) is 5.95. The molecule has 6 nitrogen and oxygen atoms in total. The number of hydrogen-bond donors (Lipinski definition) is 3. The molecular formula is C14H17N3O3. The Morgan fingerprint density at radius 1 is 1.45 bits per heavy atom. The summed E-state index contributed by atoms with van der Waals surface area (Å²) in [4.78, 5) is 24.5. The van der Waals surface area contributed by atoms with Crippen LogP contribution in [0.25, 0.3) is 0 Å². The van der Waals surface area contributed by atoms with Crippen LogP contribution in [-0.2, 0) is 4.79 Å². The average molecular weight is 275 g/mol. The highest BCUT2D eigenvalue weighted by Gasteiger charge is 2.18. The van der Waals surface area contributed by atoms with E-state index in [-0.39, 0.29) is 6.42 Å². The van der Waals surface area contributed by atoms with Gasteiger partial charge in [-0.3, -0.25) is 0 Å². The molecule has 106 valence electrons. The van der Waals surface area contributed by atoms with Crippen molar-refractivity contribution in [2.75, 3.05) is 24.3 Å². The fourth-order valence-electron chi connectivity index (χ4n) is 1.51. The van der Waals surface area contributed by atoms with Crippen molar-refractivity contribution in [1.82, 2.24) is 5.32 Å². The molecule has 0 heterocycles. The lowest BCUT2D eigenvalue weighted by atomic mass is 10.2. The van der Waals surface area contributed by atoms with Crippen LogP contribution in [0.15, 0.2) is 24.3 Å². The first kappa shape index (κ1) is 15.4. The van der Waals surface area contributed by atoms with Crippen LogP contribution < -0.4 is 15.5 Å².